The number of rotatable bonds is 3. The van der Waals surface area contributed by atoms with E-state index in [9.17, 15) is 26.3 Å². The Morgan fingerprint density at radius 1 is 1.04 bits per heavy atom. The van der Waals surface area contributed by atoms with Crippen molar-refractivity contribution in [2.24, 2.45) is 0 Å². The topological polar surface area (TPSA) is 48.2 Å². The zero-order chi connectivity index (χ0) is 20.0. The number of alkyl halides is 6. The maximum absolute atomic E-state index is 13.0. The number of aromatic nitrogens is 2. The van der Waals surface area contributed by atoms with Gasteiger partial charge in [-0.05, 0) is 34.1 Å². The van der Waals surface area contributed by atoms with E-state index in [1.54, 1.807) is 5.38 Å². The van der Waals surface area contributed by atoms with E-state index < -0.39 is 34.9 Å². The van der Waals surface area contributed by atoms with Crippen LogP contribution in [0, 0.1) is 0 Å². The molecular weight excluding hydrogens is 466 g/mol. The lowest BCUT2D eigenvalue weighted by atomic mass is 10.0. The average molecular weight is 473 g/mol. The van der Waals surface area contributed by atoms with Crippen molar-refractivity contribution in [3.63, 3.8) is 0 Å². The molecule has 0 saturated carbocycles. The Morgan fingerprint density at radius 2 is 1.63 bits per heavy atom. The molecule has 0 radical (unpaired) electrons. The Bertz CT molecular complexity index is 947. The molecule has 0 aliphatic carbocycles. The summed E-state index contributed by atoms with van der Waals surface area (Å²) in [4.78, 5) is 4.30. The van der Waals surface area contributed by atoms with Gasteiger partial charge in [0, 0.05) is 10.9 Å². The molecule has 2 aromatic heterocycles. The van der Waals surface area contributed by atoms with Crippen LogP contribution in [0.15, 0.2) is 32.6 Å². The quantitative estimate of drug-likeness (QED) is 0.421. The molecule has 0 amide bonds. The van der Waals surface area contributed by atoms with Crippen LogP contribution >= 0.6 is 27.3 Å². The summed E-state index contributed by atoms with van der Waals surface area (Å²) < 4.78 is 88.6. The summed E-state index contributed by atoms with van der Waals surface area (Å²) in [6.45, 7) is 0. The summed E-state index contributed by atoms with van der Waals surface area (Å²) in [5.74, 6) is -0.146. The van der Waals surface area contributed by atoms with E-state index in [1.165, 1.54) is 7.11 Å². The van der Waals surface area contributed by atoms with Crippen LogP contribution in [0.1, 0.15) is 11.1 Å². The zero-order valence-electron chi connectivity index (χ0n) is 13.1. The van der Waals surface area contributed by atoms with Gasteiger partial charge in [0.1, 0.15) is 4.88 Å². The maximum Gasteiger partial charge on any atom is 0.416 e. The number of hydrogen-bond donors (Lipinski definition) is 0. The molecule has 0 unspecified atom stereocenters. The molecule has 0 atom stereocenters. The van der Waals surface area contributed by atoms with Gasteiger partial charge >= 0.3 is 12.4 Å². The molecular formula is C15H7BrF6N2O2S. The van der Waals surface area contributed by atoms with Crippen LogP contribution in [-0.4, -0.2) is 17.3 Å². The van der Waals surface area contributed by atoms with Crippen molar-refractivity contribution in [2.45, 2.75) is 12.4 Å². The van der Waals surface area contributed by atoms with Crippen molar-refractivity contribution in [3.05, 3.63) is 39.2 Å². The molecule has 0 saturated heterocycles. The molecule has 0 fully saturated rings. The largest absolute Gasteiger partial charge is 0.494 e. The molecule has 3 rings (SSSR count). The van der Waals surface area contributed by atoms with Crippen LogP contribution in [0.3, 0.4) is 0 Å². The van der Waals surface area contributed by atoms with Crippen LogP contribution in [-0.2, 0) is 12.4 Å². The third-order valence-electron chi connectivity index (χ3n) is 3.37. The van der Waals surface area contributed by atoms with Gasteiger partial charge in [-0.3, -0.25) is 0 Å². The fraction of sp³-hybridized carbons (Fsp3) is 0.200. The van der Waals surface area contributed by atoms with Crippen molar-refractivity contribution in [1.29, 1.82) is 0 Å². The minimum Gasteiger partial charge on any atom is -0.494 e. The minimum absolute atomic E-state index is 0.0317. The van der Waals surface area contributed by atoms with Crippen LogP contribution in [0.5, 0.6) is 5.75 Å². The molecule has 1 aromatic carbocycles. The van der Waals surface area contributed by atoms with Crippen LogP contribution in [0.4, 0.5) is 26.3 Å². The lowest BCUT2D eigenvalue weighted by molar-refractivity contribution is -0.143. The number of benzene rings is 1. The number of nitrogens with zero attached hydrogens (tertiary/aromatic N) is 2. The molecule has 27 heavy (non-hydrogen) atoms. The second kappa shape index (κ2) is 6.82. The van der Waals surface area contributed by atoms with Crippen molar-refractivity contribution in [3.8, 4) is 27.9 Å². The van der Waals surface area contributed by atoms with Gasteiger partial charge in [0.2, 0.25) is 5.82 Å². The number of methoxy groups -OCH3 is 1. The first-order valence-electron chi connectivity index (χ1n) is 6.95. The highest BCUT2D eigenvalue weighted by atomic mass is 79.9. The molecule has 0 bridgehead atoms. The van der Waals surface area contributed by atoms with E-state index in [2.05, 4.69) is 26.1 Å². The van der Waals surface area contributed by atoms with Gasteiger partial charge in [-0.25, -0.2) is 0 Å². The van der Waals surface area contributed by atoms with Gasteiger partial charge in [0.15, 0.2) is 5.75 Å². The highest BCUT2D eigenvalue weighted by Crippen LogP contribution is 2.42. The molecule has 0 N–H and O–H groups in total. The third kappa shape index (κ3) is 3.95. The summed E-state index contributed by atoms with van der Waals surface area (Å²) in [6.07, 6.45) is -9.94. The van der Waals surface area contributed by atoms with Crippen molar-refractivity contribution >= 4 is 27.3 Å². The highest BCUT2D eigenvalue weighted by molar-refractivity contribution is 9.10. The van der Waals surface area contributed by atoms with E-state index in [4.69, 9.17) is 9.26 Å². The number of thiophene rings is 1. The van der Waals surface area contributed by atoms with Gasteiger partial charge in [0.25, 0.3) is 5.89 Å². The van der Waals surface area contributed by atoms with Gasteiger partial charge < -0.3 is 9.26 Å². The van der Waals surface area contributed by atoms with E-state index >= 15 is 0 Å². The SMILES string of the molecule is COc1c(Br)csc1-c1nc(-c2cc(C(F)(F)F)cc(C(F)(F)F)c2)no1. The normalized spacial score (nSPS) is 12.4. The van der Waals surface area contributed by atoms with Gasteiger partial charge in [-0.2, -0.15) is 31.3 Å². The Labute approximate surface area is 159 Å². The summed E-state index contributed by atoms with van der Waals surface area (Å²) in [5, 5.41) is 5.17. The average Bonchev–Trinajstić information content (AvgIpc) is 3.19. The second-order valence-corrected chi connectivity index (χ2v) is 6.90. The monoisotopic (exact) mass is 472 g/mol. The van der Waals surface area contributed by atoms with Crippen LogP contribution < -0.4 is 4.74 Å². The van der Waals surface area contributed by atoms with E-state index in [0.717, 1.165) is 11.3 Å². The Balaban J connectivity index is 2.10. The smallest absolute Gasteiger partial charge is 0.416 e. The lowest BCUT2D eigenvalue weighted by Gasteiger charge is -2.12. The second-order valence-electron chi connectivity index (χ2n) is 5.16. The summed E-state index contributed by atoms with van der Waals surface area (Å²) in [5.41, 5.74) is -3.40. The number of ether oxygens (including phenoxy) is 1. The molecule has 0 aliphatic rings. The Hall–Kier alpha value is -2.08. The summed E-state index contributed by atoms with van der Waals surface area (Å²) in [7, 11) is 1.38. The molecule has 0 aliphatic heterocycles. The predicted octanol–water partition coefficient (Wildman–Crippen LogP) is 6.27. The Morgan fingerprint density at radius 3 is 2.15 bits per heavy atom. The first-order valence-corrected chi connectivity index (χ1v) is 8.63. The molecule has 12 heteroatoms. The van der Waals surface area contributed by atoms with E-state index in [1.807, 2.05) is 0 Å². The minimum atomic E-state index is -4.97. The van der Waals surface area contributed by atoms with Gasteiger partial charge in [-0.15, -0.1) is 11.3 Å². The first kappa shape index (κ1) is 19.7. The van der Waals surface area contributed by atoms with Gasteiger partial charge in [-0.1, -0.05) is 5.16 Å². The summed E-state index contributed by atoms with van der Waals surface area (Å²) in [6, 6.07) is 1.10. The molecule has 0 spiro atoms. The van der Waals surface area contributed by atoms with E-state index in [-0.39, 0.29) is 12.0 Å². The van der Waals surface area contributed by atoms with Crippen molar-refractivity contribution < 1.29 is 35.6 Å². The lowest BCUT2D eigenvalue weighted by Crippen LogP contribution is -2.11. The molecule has 4 nitrogen and oxygen atoms in total. The molecule has 2 heterocycles. The van der Waals surface area contributed by atoms with Crippen LogP contribution in [0.2, 0.25) is 0 Å². The maximum atomic E-state index is 13.0. The fourth-order valence-corrected chi connectivity index (χ4v) is 3.76. The predicted molar refractivity (Wildman–Crippen MR) is 87.3 cm³/mol. The zero-order valence-corrected chi connectivity index (χ0v) is 15.5. The van der Waals surface area contributed by atoms with Crippen LogP contribution in [0.25, 0.3) is 22.2 Å². The molecule has 3 aromatic rings. The van der Waals surface area contributed by atoms with Crippen molar-refractivity contribution in [2.75, 3.05) is 7.11 Å². The third-order valence-corrected chi connectivity index (χ3v) is 5.22. The molecule has 144 valence electrons. The number of halogens is 7. The fourth-order valence-electron chi connectivity index (χ4n) is 2.18. The Kier molecular flexibility index (Phi) is 4.97. The standard InChI is InChI=1S/C15H7BrF6N2O2S/c1-25-10-9(16)5-27-11(10)13-23-12(24-26-13)6-2-7(14(17,18)19)4-8(3-6)15(20,21)22/h2-5H,1H3. The number of hydrogen-bond acceptors (Lipinski definition) is 5. The summed E-state index contributed by atoms with van der Waals surface area (Å²) >= 11 is 4.38. The van der Waals surface area contributed by atoms with Gasteiger partial charge in [0.05, 0.1) is 22.7 Å². The van der Waals surface area contributed by atoms with E-state index in [0.29, 0.717) is 27.2 Å². The first-order chi connectivity index (χ1) is 12.5. The highest BCUT2D eigenvalue weighted by Gasteiger charge is 2.37. The van der Waals surface area contributed by atoms with Crippen molar-refractivity contribution in [1.82, 2.24) is 10.1 Å².